The van der Waals surface area contributed by atoms with Gasteiger partial charge in [0.25, 0.3) is 0 Å². The summed E-state index contributed by atoms with van der Waals surface area (Å²) in [5, 5.41) is 3.40. The minimum absolute atomic E-state index is 0.141. The molecule has 1 rings (SSSR count). The summed E-state index contributed by atoms with van der Waals surface area (Å²) in [4.78, 5) is 0. The molecule has 1 aromatic rings. The van der Waals surface area contributed by atoms with Crippen molar-refractivity contribution in [3.05, 3.63) is 23.8 Å². The van der Waals surface area contributed by atoms with Crippen molar-refractivity contribution >= 4 is 0 Å². The van der Waals surface area contributed by atoms with Gasteiger partial charge in [-0.2, -0.15) is 0 Å². The lowest BCUT2D eigenvalue weighted by atomic mass is 10.1. The maximum absolute atomic E-state index is 5.90. The lowest BCUT2D eigenvalue weighted by Crippen LogP contribution is -2.23. The average Bonchev–Trinajstić information content (AvgIpc) is 2.42. The smallest absolute Gasteiger partial charge is 0.127 e. The summed E-state index contributed by atoms with van der Waals surface area (Å²) in [6, 6.07) is 6.05. The van der Waals surface area contributed by atoms with Crippen molar-refractivity contribution < 1.29 is 14.2 Å². The van der Waals surface area contributed by atoms with Crippen LogP contribution in [0.25, 0.3) is 0 Å². The molecule has 120 valence electrons. The molecule has 0 heterocycles. The van der Waals surface area contributed by atoms with Gasteiger partial charge < -0.3 is 19.5 Å². The Morgan fingerprint density at radius 2 is 1.81 bits per heavy atom. The zero-order valence-corrected chi connectivity index (χ0v) is 14.2. The van der Waals surface area contributed by atoms with Gasteiger partial charge in [0.05, 0.1) is 24.9 Å². The van der Waals surface area contributed by atoms with E-state index in [1.165, 1.54) is 0 Å². The molecule has 0 saturated carbocycles. The second-order valence-electron chi connectivity index (χ2n) is 5.96. The number of hydrogen-bond acceptors (Lipinski definition) is 4. The molecule has 0 saturated heterocycles. The number of rotatable bonds is 8. The Bertz CT molecular complexity index is 427. The quantitative estimate of drug-likeness (QED) is 0.744. The van der Waals surface area contributed by atoms with E-state index >= 15 is 0 Å². The second-order valence-corrected chi connectivity index (χ2v) is 5.96. The van der Waals surface area contributed by atoms with Crippen LogP contribution in [-0.2, 0) is 4.74 Å². The molecule has 0 bridgehead atoms. The Morgan fingerprint density at radius 1 is 1.14 bits per heavy atom. The molecule has 0 aliphatic carbocycles. The standard InChI is InChI=1S/C17H29NO3/c1-7-18-13(2)16-14(19-6)9-8-10-15(16)20-11-12-21-17(3,4)5/h8-10,13,18H,7,11-12H2,1-6H3. The molecule has 0 spiro atoms. The van der Waals surface area contributed by atoms with Gasteiger partial charge in [0.1, 0.15) is 18.1 Å². The van der Waals surface area contributed by atoms with Crippen LogP contribution in [0.3, 0.4) is 0 Å². The average molecular weight is 295 g/mol. The van der Waals surface area contributed by atoms with E-state index in [9.17, 15) is 0 Å². The molecule has 1 unspecified atom stereocenters. The van der Waals surface area contributed by atoms with Crippen LogP contribution in [0.15, 0.2) is 18.2 Å². The molecular formula is C17H29NO3. The Hall–Kier alpha value is -1.26. The Kier molecular flexibility index (Phi) is 6.99. The third kappa shape index (κ3) is 5.94. The number of hydrogen-bond donors (Lipinski definition) is 1. The van der Waals surface area contributed by atoms with Crippen molar-refractivity contribution in [1.82, 2.24) is 5.32 Å². The first-order valence-corrected chi connectivity index (χ1v) is 7.56. The summed E-state index contributed by atoms with van der Waals surface area (Å²) in [5.74, 6) is 1.69. The summed E-state index contributed by atoms with van der Waals surface area (Å²) in [6.07, 6.45) is 0. The first kappa shape index (κ1) is 17.8. The van der Waals surface area contributed by atoms with Crippen molar-refractivity contribution in [2.75, 3.05) is 26.9 Å². The van der Waals surface area contributed by atoms with Crippen LogP contribution >= 0.6 is 0 Å². The van der Waals surface area contributed by atoms with Crippen molar-refractivity contribution in [2.45, 2.75) is 46.3 Å². The molecule has 21 heavy (non-hydrogen) atoms. The van der Waals surface area contributed by atoms with Crippen LogP contribution < -0.4 is 14.8 Å². The first-order chi connectivity index (χ1) is 9.89. The number of nitrogens with one attached hydrogen (secondary N) is 1. The molecule has 4 nitrogen and oxygen atoms in total. The molecule has 1 atom stereocenters. The van der Waals surface area contributed by atoms with E-state index in [1.807, 2.05) is 39.0 Å². The summed E-state index contributed by atoms with van der Waals surface area (Å²) < 4.78 is 17.0. The fourth-order valence-corrected chi connectivity index (χ4v) is 2.16. The van der Waals surface area contributed by atoms with Crippen molar-refractivity contribution in [3.8, 4) is 11.5 Å². The first-order valence-electron chi connectivity index (χ1n) is 7.56. The predicted octanol–water partition coefficient (Wildman–Crippen LogP) is 3.56. The molecule has 0 fully saturated rings. The van der Waals surface area contributed by atoms with Gasteiger partial charge in [-0.3, -0.25) is 0 Å². The van der Waals surface area contributed by atoms with E-state index in [4.69, 9.17) is 14.2 Å². The van der Waals surface area contributed by atoms with Gasteiger partial charge in [0, 0.05) is 6.04 Å². The maximum Gasteiger partial charge on any atom is 0.127 e. The van der Waals surface area contributed by atoms with Gasteiger partial charge in [0.2, 0.25) is 0 Å². The summed E-state index contributed by atoms with van der Waals surface area (Å²) >= 11 is 0. The lowest BCUT2D eigenvalue weighted by Gasteiger charge is -2.22. The van der Waals surface area contributed by atoms with E-state index in [0.29, 0.717) is 13.2 Å². The number of ether oxygens (including phenoxy) is 3. The third-order valence-corrected chi connectivity index (χ3v) is 3.07. The summed E-state index contributed by atoms with van der Waals surface area (Å²) in [6.45, 7) is 12.3. The zero-order valence-electron chi connectivity index (χ0n) is 14.2. The molecule has 1 N–H and O–H groups in total. The van der Waals surface area contributed by atoms with E-state index in [-0.39, 0.29) is 11.6 Å². The van der Waals surface area contributed by atoms with Gasteiger partial charge in [-0.15, -0.1) is 0 Å². The van der Waals surface area contributed by atoms with E-state index in [2.05, 4.69) is 19.2 Å². The van der Waals surface area contributed by atoms with Crippen molar-refractivity contribution in [1.29, 1.82) is 0 Å². The van der Waals surface area contributed by atoms with E-state index in [1.54, 1.807) is 7.11 Å². The zero-order chi connectivity index (χ0) is 15.9. The number of benzene rings is 1. The Labute approximate surface area is 128 Å². The molecule has 1 aromatic carbocycles. The molecule has 0 amide bonds. The largest absolute Gasteiger partial charge is 0.496 e. The van der Waals surface area contributed by atoms with Gasteiger partial charge in [0.15, 0.2) is 0 Å². The van der Waals surface area contributed by atoms with Crippen molar-refractivity contribution in [2.24, 2.45) is 0 Å². The highest BCUT2D eigenvalue weighted by molar-refractivity contribution is 5.46. The van der Waals surface area contributed by atoms with Crippen LogP contribution in [0.4, 0.5) is 0 Å². The summed E-state index contributed by atoms with van der Waals surface area (Å²) in [7, 11) is 1.68. The molecule has 0 aliphatic rings. The highest BCUT2D eigenvalue weighted by atomic mass is 16.5. The third-order valence-electron chi connectivity index (χ3n) is 3.07. The van der Waals surface area contributed by atoms with Crippen LogP contribution in [0.5, 0.6) is 11.5 Å². The minimum atomic E-state index is -0.141. The monoisotopic (exact) mass is 295 g/mol. The molecule has 4 heteroatoms. The van der Waals surface area contributed by atoms with Crippen LogP contribution in [0.2, 0.25) is 0 Å². The van der Waals surface area contributed by atoms with Crippen molar-refractivity contribution in [3.63, 3.8) is 0 Å². The highest BCUT2D eigenvalue weighted by Gasteiger charge is 2.17. The van der Waals surface area contributed by atoms with E-state index in [0.717, 1.165) is 23.6 Å². The topological polar surface area (TPSA) is 39.7 Å². The fraction of sp³-hybridized carbons (Fsp3) is 0.647. The SMILES string of the molecule is CCNC(C)c1c(OC)cccc1OCCOC(C)(C)C. The van der Waals surface area contributed by atoms with Crippen LogP contribution in [0.1, 0.15) is 46.2 Å². The van der Waals surface area contributed by atoms with Gasteiger partial charge in [-0.1, -0.05) is 13.0 Å². The second kappa shape index (κ2) is 8.25. The van der Waals surface area contributed by atoms with Gasteiger partial charge >= 0.3 is 0 Å². The van der Waals surface area contributed by atoms with Crippen LogP contribution in [0, 0.1) is 0 Å². The predicted molar refractivity (Wildman–Crippen MR) is 86.3 cm³/mol. The fourth-order valence-electron chi connectivity index (χ4n) is 2.16. The molecule has 0 aliphatic heterocycles. The Morgan fingerprint density at radius 3 is 2.38 bits per heavy atom. The number of methoxy groups -OCH3 is 1. The van der Waals surface area contributed by atoms with Gasteiger partial charge in [-0.05, 0) is 46.4 Å². The highest BCUT2D eigenvalue weighted by Crippen LogP contribution is 2.33. The lowest BCUT2D eigenvalue weighted by molar-refractivity contribution is -0.0164. The van der Waals surface area contributed by atoms with Crippen LogP contribution in [-0.4, -0.2) is 32.5 Å². The van der Waals surface area contributed by atoms with E-state index < -0.39 is 0 Å². The minimum Gasteiger partial charge on any atom is -0.496 e. The summed E-state index contributed by atoms with van der Waals surface area (Å²) in [5.41, 5.74) is 0.912. The van der Waals surface area contributed by atoms with Gasteiger partial charge in [-0.25, -0.2) is 0 Å². The maximum atomic E-state index is 5.90. The Balaban J connectivity index is 2.76. The molecule has 0 radical (unpaired) electrons. The molecular weight excluding hydrogens is 266 g/mol. The molecule has 0 aromatic heterocycles. The normalized spacial score (nSPS) is 13.0.